The second kappa shape index (κ2) is 9.96. The van der Waals surface area contributed by atoms with Gasteiger partial charge in [-0.1, -0.05) is 38.1 Å². The van der Waals surface area contributed by atoms with E-state index in [9.17, 15) is 22.0 Å². The van der Waals surface area contributed by atoms with Crippen molar-refractivity contribution in [1.82, 2.24) is 14.9 Å². The van der Waals surface area contributed by atoms with E-state index >= 15 is 0 Å². The summed E-state index contributed by atoms with van der Waals surface area (Å²) < 4.78 is 62.9. The van der Waals surface area contributed by atoms with Gasteiger partial charge in [-0.05, 0) is 48.9 Å². The second-order valence-corrected chi connectivity index (χ2v) is 11.5. The Labute approximate surface area is 224 Å². The molecule has 204 valence electrons. The van der Waals surface area contributed by atoms with Crippen LogP contribution >= 0.6 is 0 Å². The third-order valence-corrected chi connectivity index (χ3v) is 8.50. The van der Waals surface area contributed by atoms with E-state index in [1.807, 2.05) is 18.4 Å². The summed E-state index contributed by atoms with van der Waals surface area (Å²) in [6.45, 7) is 5.62. The molecular weight excluding hydrogens is 528 g/mol. The lowest BCUT2D eigenvalue weighted by Gasteiger charge is -2.19. The summed E-state index contributed by atoms with van der Waals surface area (Å²) in [6, 6.07) is 16.0. The van der Waals surface area contributed by atoms with Gasteiger partial charge in [-0.3, -0.25) is 4.79 Å². The summed E-state index contributed by atoms with van der Waals surface area (Å²) in [5.41, 5.74) is 3.03. The normalized spacial score (nSPS) is 14.9. The summed E-state index contributed by atoms with van der Waals surface area (Å²) in [5, 5.41) is 2.85. The fourth-order valence-corrected chi connectivity index (χ4v) is 5.58. The molecule has 3 aromatic carbocycles. The quantitative estimate of drug-likeness (QED) is 0.319. The molecular formula is C28H27F2N3O5S. The molecule has 4 aromatic rings. The van der Waals surface area contributed by atoms with Crippen LogP contribution in [0.1, 0.15) is 54.1 Å². The first kappa shape index (κ1) is 26.6. The van der Waals surface area contributed by atoms with Crippen molar-refractivity contribution < 1.29 is 31.5 Å². The van der Waals surface area contributed by atoms with Crippen molar-refractivity contribution in [1.29, 1.82) is 0 Å². The van der Waals surface area contributed by atoms with Crippen molar-refractivity contribution in [3.63, 3.8) is 0 Å². The van der Waals surface area contributed by atoms with Crippen LogP contribution in [-0.4, -0.2) is 35.9 Å². The smallest absolute Gasteiger partial charge is 0.395 e. The number of halogens is 2. The zero-order valence-corrected chi connectivity index (χ0v) is 22.4. The molecule has 1 N–H and O–H groups in total. The first-order chi connectivity index (χ1) is 18.5. The lowest BCUT2D eigenvalue weighted by Crippen LogP contribution is -2.26. The van der Waals surface area contributed by atoms with Gasteiger partial charge in [-0.25, -0.2) is 13.4 Å². The minimum atomic E-state index is -3.72. The number of para-hydroxylation sites is 1. The molecule has 0 aliphatic carbocycles. The number of ether oxygens (including phenoxy) is 2. The number of alkyl halides is 2. The van der Waals surface area contributed by atoms with Gasteiger partial charge in [0, 0.05) is 24.1 Å². The number of rotatable bonds is 8. The predicted molar refractivity (Wildman–Crippen MR) is 141 cm³/mol. The van der Waals surface area contributed by atoms with E-state index in [-0.39, 0.29) is 34.6 Å². The van der Waals surface area contributed by atoms with Gasteiger partial charge in [-0.2, -0.15) is 0 Å². The third-order valence-electron chi connectivity index (χ3n) is 6.75. The van der Waals surface area contributed by atoms with Gasteiger partial charge in [0.05, 0.1) is 27.7 Å². The number of hydrogen-bond acceptors (Lipinski definition) is 6. The number of benzene rings is 3. The van der Waals surface area contributed by atoms with E-state index in [2.05, 4.69) is 10.1 Å². The summed E-state index contributed by atoms with van der Waals surface area (Å²) in [5.74, 6) is 0.408. The standard InChI is InChI=1S/C28H27F2N3O5S/c1-4-25-32-22-15-19(27(34)31-16-18-9-12-20(13-10-18)39(35,36)5-2)11-14-23(22)33(25)17(3)21-7-6-8-24-26(21)38-28(29,30)37-24/h6-15,17H,4-5,16H2,1-3H3,(H,31,34)/t17-/m0/s1. The Kier molecular flexibility index (Phi) is 6.79. The van der Waals surface area contributed by atoms with Gasteiger partial charge in [0.15, 0.2) is 21.3 Å². The lowest BCUT2D eigenvalue weighted by molar-refractivity contribution is -0.287. The van der Waals surface area contributed by atoms with Crippen LogP contribution in [0.4, 0.5) is 8.78 Å². The van der Waals surface area contributed by atoms with Crippen LogP contribution in [0.3, 0.4) is 0 Å². The molecule has 0 saturated heterocycles. The van der Waals surface area contributed by atoms with E-state index in [0.29, 0.717) is 23.1 Å². The number of nitrogens with zero attached hydrogens (tertiary/aromatic N) is 2. The molecule has 0 radical (unpaired) electrons. The van der Waals surface area contributed by atoms with E-state index in [4.69, 9.17) is 9.72 Å². The van der Waals surface area contributed by atoms with Crippen LogP contribution in [0.15, 0.2) is 65.6 Å². The van der Waals surface area contributed by atoms with E-state index in [1.165, 1.54) is 18.2 Å². The van der Waals surface area contributed by atoms with Gasteiger partial charge in [0.25, 0.3) is 5.91 Å². The number of imidazole rings is 1. The number of aryl methyl sites for hydroxylation is 1. The molecule has 8 nitrogen and oxygen atoms in total. The predicted octanol–water partition coefficient (Wildman–Crippen LogP) is 5.25. The topological polar surface area (TPSA) is 99.5 Å². The Balaban J connectivity index is 1.38. The summed E-state index contributed by atoms with van der Waals surface area (Å²) in [7, 11) is -3.29. The molecule has 0 saturated carbocycles. The lowest BCUT2D eigenvalue weighted by atomic mass is 10.1. The molecule has 2 heterocycles. The Morgan fingerprint density at radius 1 is 1.08 bits per heavy atom. The van der Waals surface area contributed by atoms with E-state index in [1.54, 1.807) is 49.4 Å². The van der Waals surface area contributed by atoms with Crippen LogP contribution in [-0.2, 0) is 22.8 Å². The highest BCUT2D eigenvalue weighted by Crippen LogP contribution is 2.46. The highest BCUT2D eigenvalue weighted by atomic mass is 32.2. The highest BCUT2D eigenvalue weighted by molar-refractivity contribution is 7.91. The van der Waals surface area contributed by atoms with Crippen LogP contribution in [0, 0.1) is 0 Å². The van der Waals surface area contributed by atoms with Gasteiger partial charge in [0.2, 0.25) is 0 Å². The molecule has 0 fully saturated rings. The molecule has 1 amide bonds. The Morgan fingerprint density at radius 3 is 2.51 bits per heavy atom. The van der Waals surface area contributed by atoms with Crippen molar-refractivity contribution in [3.05, 3.63) is 83.2 Å². The van der Waals surface area contributed by atoms with Gasteiger partial charge in [-0.15, -0.1) is 8.78 Å². The van der Waals surface area contributed by atoms with Crippen molar-refractivity contribution in [2.75, 3.05) is 5.75 Å². The number of aromatic nitrogens is 2. The van der Waals surface area contributed by atoms with Crippen LogP contribution in [0.5, 0.6) is 11.5 Å². The van der Waals surface area contributed by atoms with E-state index in [0.717, 1.165) is 16.9 Å². The minimum absolute atomic E-state index is 0.00442. The van der Waals surface area contributed by atoms with Crippen molar-refractivity contribution in [2.45, 2.75) is 51.0 Å². The van der Waals surface area contributed by atoms with Crippen LogP contribution in [0.25, 0.3) is 11.0 Å². The maximum atomic E-state index is 13.8. The summed E-state index contributed by atoms with van der Waals surface area (Å²) in [6.07, 6.45) is -3.15. The molecule has 0 spiro atoms. The number of sulfone groups is 1. The zero-order valence-electron chi connectivity index (χ0n) is 21.6. The maximum Gasteiger partial charge on any atom is 0.586 e. The average molecular weight is 556 g/mol. The first-order valence-corrected chi connectivity index (χ1v) is 14.2. The van der Waals surface area contributed by atoms with Crippen molar-refractivity contribution in [2.24, 2.45) is 0 Å². The van der Waals surface area contributed by atoms with Gasteiger partial charge >= 0.3 is 6.29 Å². The average Bonchev–Trinajstić information content (AvgIpc) is 3.46. The molecule has 1 atom stereocenters. The number of fused-ring (bicyclic) bond motifs is 2. The number of nitrogens with one attached hydrogen (secondary N) is 1. The zero-order chi connectivity index (χ0) is 27.9. The largest absolute Gasteiger partial charge is 0.586 e. The van der Waals surface area contributed by atoms with Gasteiger partial charge in [0.1, 0.15) is 5.82 Å². The number of carbonyl (C=O) groups is 1. The third kappa shape index (κ3) is 5.06. The molecule has 39 heavy (non-hydrogen) atoms. The minimum Gasteiger partial charge on any atom is -0.395 e. The molecule has 1 aliphatic heterocycles. The fraction of sp³-hybridized carbons (Fsp3) is 0.286. The Hall–Kier alpha value is -3.99. The highest BCUT2D eigenvalue weighted by Gasteiger charge is 2.45. The van der Waals surface area contributed by atoms with Crippen molar-refractivity contribution >= 4 is 26.8 Å². The first-order valence-electron chi connectivity index (χ1n) is 12.5. The van der Waals surface area contributed by atoms with Gasteiger partial charge < -0.3 is 19.4 Å². The molecule has 5 rings (SSSR count). The number of carbonyl (C=O) groups excluding carboxylic acids is 1. The fourth-order valence-electron chi connectivity index (χ4n) is 4.70. The van der Waals surface area contributed by atoms with Crippen LogP contribution < -0.4 is 14.8 Å². The molecule has 0 bridgehead atoms. The summed E-state index contributed by atoms with van der Waals surface area (Å²) >= 11 is 0. The molecule has 1 aliphatic rings. The van der Waals surface area contributed by atoms with E-state index < -0.39 is 22.2 Å². The molecule has 1 aromatic heterocycles. The number of amides is 1. The summed E-state index contributed by atoms with van der Waals surface area (Å²) in [4.78, 5) is 17.9. The molecule has 0 unspecified atom stereocenters. The Morgan fingerprint density at radius 2 is 1.82 bits per heavy atom. The molecule has 11 heteroatoms. The van der Waals surface area contributed by atoms with Crippen LogP contribution in [0.2, 0.25) is 0 Å². The second-order valence-electron chi connectivity index (χ2n) is 9.20. The number of hydrogen-bond donors (Lipinski definition) is 1. The maximum absolute atomic E-state index is 13.8. The van der Waals surface area contributed by atoms with Crippen molar-refractivity contribution in [3.8, 4) is 11.5 Å². The Bertz CT molecular complexity index is 1670. The monoisotopic (exact) mass is 555 g/mol. The SMILES string of the molecule is CCc1nc2cc(C(=O)NCc3ccc(S(=O)(=O)CC)cc3)ccc2n1[C@@H](C)c1cccc2c1OC(F)(F)O2.